The van der Waals surface area contributed by atoms with Crippen LogP contribution in [0, 0.1) is 0 Å². The lowest BCUT2D eigenvalue weighted by Crippen LogP contribution is -2.38. The maximum atomic E-state index is 13.8. The molecule has 0 aliphatic carbocycles. The quantitative estimate of drug-likeness (QED) is 0.530. The molecule has 1 aromatic rings. The third-order valence-corrected chi connectivity index (χ3v) is 6.89. The largest absolute Gasteiger partial charge is 0.493 e. The molecule has 9 heteroatoms. The number of methoxy groups -OCH3 is 1. The smallest absolute Gasteiger partial charge is 0.419 e. The van der Waals surface area contributed by atoms with Crippen molar-refractivity contribution in [2.45, 2.75) is 50.3 Å². The summed E-state index contributed by atoms with van der Waals surface area (Å²) in [6.45, 7) is 4.59. The Hall–Kier alpha value is -1.42. The van der Waals surface area contributed by atoms with Crippen LogP contribution in [0.5, 0.6) is 5.75 Å². The standard InChI is InChI=1S/C22H32F3N3O2S/c1-15-7-4-5-10-28(15)14-19-20(27-21(26-2)31-19)16-8-9-18(30-12-6-11-29-3)17(13-16)22(23,24)25/h8-9,13,15,21,26-27H,4-7,10-12,14H2,1-3H3. The highest BCUT2D eigenvalue weighted by molar-refractivity contribution is 8.04. The van der Waals surface area contributed by atoms with E-state index in [0.29, 0.717) is 24.6 Å². The predicted octanol–water partition coefficient (Wildman–Crippen LogP) is 4.50. The lowest BCUT2D eigenvalue weighted by molar-refractivity contribution is -0.139. The minimum atomic E-state index is -4.50. The summed E-state index contributed by atoms with van der Waals surface area (Å²) in [7, 11) is 3.39. The van der Waals surface area contributed by atoms with Crippen LogP contribution in [-0.2, 0) is 10.9 Å². The SMILES string of the molecule is CNC1NC(c2ccc(OCCCOC)c(C(F)(F)F)c2)=C(CN2CCCCC2C)S1. The van der Waals surface area contributed by atoms with Gasteiger partial charge in [0.25, 0.3) is 0 Å². The van der Waals surface area contributed by atoms with E-state index in [4.69, 9.17) is 9.47 Å². The van der Waals surface area contributed by atoms with Crippen LogP contribution in [0.15, 0.2) is 23.1 Å². The van der Waals surface area contributed by atoms with Crippen molar-refractivity contribution >= 4 is 17.5 Å². The Morgan fingerprint density at radius 1 is 1.26 bits per heavy atom. The molecule has 2 unspecified atom stereocenters. The highest BCUT2D eigenvalue weighted by atomic mass is 32.2. The molecule has 0 amide bonds. The summed E-state index contributed by atoms with van der Waals surface area (Å²) in [6, 6.07) is 4.82. The minimum Gasteiger partial charge on any atom is -0.493 e. The van der Waals surface area contributed by atoms with Gasteiger partial charge in [-0.1, -0.05) is 18.2 Å². The second kappa shape index (κ2) is 10.9. The zero-order chi connectivity index (χ0) is 22.4. The monoisotopic (exact) mass is 459 g/mol. The fraction of sp³-hybridized carbons (Fsp3) is 0.636. The summed E-state index contributed by atoms with van der Waals surface area (Å²) >= 11 is 1.64. The number of halogens is 3. The highest BCUT2D eigenvalue weighted by Gasteiger charge is 2.36. The van der Waals surface area contributed by atoms with Crippen LogP contribution in [0.25, 0.3) is 5.70 Å². The van der Waals surface area contributed by atoms with Gasteiger partial charge >= 0.3 is 6.18 Å². The minimum absolute atomic E-state index is 0.0654. The zero-order valence-corrected chi connectivity index (χ0v) is 19.2. The number of hydrogen-bond acceptors (Lipinski definition) is 6. The van der Waals surface area contributed by atoms with E-state index in [2.05, 4.69) is 22.5 Å². The van der Waals surface area contributed by atoms with Crippen LogP contribution in [0.1, 0.15) is 43.7 Å². The molecule has 0 saturated carbocycles. The second-order valence-corrected chi connectivity index (χ2v) is 9.15. The molecule has 1 fully saturated rings. The summed E-state index contributed by atoms with van der Waals surface area (Å²) in [5.74, 6) is -0.144. The molecule has 0 spiro atoms. The van der Waals surface area contributed by atoms with Crippen molar-refractivity contribution in [3.63, 3.8) is 0 Å². The first-order valence-corrected chi connectivity index (χ1v) is 11.6. The molecular weight excluding hydrogens is 427 g/mol. The molecule has 1 saturated heterocycles. The van der Waals surface area contributed by atoms with Crippen molar-refractivity contribution < 1.29 is 22.6 Å². The van der Waals surface area contributed by atoms with Gasteiger partial charge in [-0.05, 0) is 57.1 Å². The number of likely N-dealkylation sites (tertiary alicyclic amines) is 1. The summed E-state index contributed by atoms with van der Waals surface area (Å²) in [6.07, 6.45) is -0.421. The van der Waals surface area contributed by atoms with Gasteiger partial charge in [0.05, 0.1) is 17.9 Å². The molecule has 0 aromatic heterocycles. The van der Waals surface area contributed by atoms with Crippen molar-refractivity contribution in [1.82, 2.24) is 15.5 Å². The third-order valence-electron chi connectivity index (χ3n) is 5.69. The van der Waals surface area contributed by atoms with Gasteiger partial charge in [-0.3, -0.25) is 10.2 Å². The van der Waals surface area contributed by atoms with Crippen LogP contribution in [0.4, 0.5) is 13.2 Å². The van der Waals surface area contributed by atoms with Gasteiger partial charge in [-0.2, -0.15) is 13.2 Å². The molecule has 5 nitrogen and oxygen atoms in total. The van der Waals surface area contributed by atoms with Gasteiger partial charge in [0, 0.05) is 37.6 Å². The fourth-order valence-electron chi connectivity index (χ4n) is 3.93. The first-order valence-electron chi connectivity index (χ1n) is 10.7. The number of nitrogens with one attached hydrogen (secondary N) is 2. The number of alkyl halides is 3. The third kappa shape index (κ3) is 6.31. The summed E-state index contributed by atoms with van der Waals surface area (Å²) < 4.78 is 51.7. The van der Waals surface area contributed by atoms with Crippen LogP contribution in [0.3, 0.4) is 0 Å². The number of hydrogen-bond donors (Lipinski definition) is 2. The number of benzene rings is 1. The van der Waals surface area contributed by atoms with E-state index in [-0.39, 0.29) is 17.9 Å². The van der Waals surface area contributed by atoms with Crippen LogP contribution >= 0.6 is 11.8 Å². The van der Waals surface area contributed by atoms with Crippen molar-refractivity contribution in [3.05, 3.63) is 34.2 Å². The number of rotatable bonds is 9. The molecular formula is C22H32F3N3O2S. The number of ether oxygens (including phenoxy) is 2. The maximum Gasteiger partial charge on any atom is 0.419 e. The molecule has 2 N–H and O–H groups in total. The second-order valence-electron chi connectivity index (χ2n) is 7.95. The molecule has 1 aromatic carbocycles. The van der Waals surface area contributed by atoms with Gasteiger partial charge in [0.1, 0.15) is 11.2 Å². The number of thioether (sulfide) groups is 1. The summed E-state index contributed by atoms with van der Waals surface area (Å²) in [4.78, 5) is 3.48. The Morgan fingerprint density at radius 2 is 2.06 bits per heavy atom. The predicted molar refractivity (Wildman–Crippen MR) is 119 cm³/mol. The molecule has 0 bridgehead atoms. The van der Waals surface area contributed by atoms with E-state index < -0.39 is 11.7 Å². The van der Waals surface area contributed by atoms with E-state index in [0.717, 1.165) is 36.5 Å². The first kappa shape index (κ1) is 24.2. The number of nitrogens with zero attached hydrogens (tertiary/aromatic N) is 1. The Morgan fingerprint density at radius 3 is 2.74 bits per heavy atom. The fourth-order valence-corrected chi connectivity index (χ4v) is 5.04. The summed E-state index contributed by atoms with van der Waals surface area (Å²) in [5.41, 5.74) is 0.477. The van der Waals surface area contributed by atoms with Crippen LogP contribution in [-0.4, -0.2) is 56.9 Å². The highest BCUT2D eigenvalue weighted by Crippen LogP contribution is 2.41. The van der Waals surface area contributed by atoms with E-state index in [1.54, 1.807) is 24.9 Å². The van der Waals surface area contributed by atoms with Crippen molar-refractivity contribution in [2.75, 3.05) is 40.5 Å². The summed E-state index contributed by atoms with van der Waals surface area (Å²) in [5, 5.41) is 6.52. The van der Waals surface area contributed by atoms with Gasteiger partial charge in [0.2, 0.25) is 0 Å². The lowest BCUT2D eigenvalue weighted by Gasteiger charge is -2.33. The van der Waals surface area contributed by atoms with Gasteiger partial charge in [-0.15, -0.1) is 0 Å². The van der Waals surface area contributed by atoms with Crippen molar-refractivity contribution in [1.29, 1.82) is 0 Å². The number of piperidine rings is 1. The molecule has 2 aliphatic heterocycles. The Bertz CT molecular complexity index is 773. The average molecular weight is 460 g/mol. The zero-order valence-electron chi connectivity index (χ0n) is 18.3. The van der Waals surface area contributed by atoms with Crippen LogP contribution in [0.2, 0.25) is 0 Å². The topological polar surface area (TPSA) is 45.8 Å². The molecule has 2 aliphatic rings. The Balaban J connectivity index is 1.88. The van der Waals surface area contributed by atoms with E-state index in [1.165, 1.54) is 18.6 Å². The molecule has 174 valence electrons. The van der Waals surface area contributed by atoms with E-state index in [9.17, 15) is 13.2 Å². The molecule has 0 radical (unpaired) electrons. The lowest BCUT2D eigenvalue weighted by atomic mass is 10.0. The first-order chi connectivity index (χ1) is 14.8. The van der Waals surface area contributed by atoms with Crippen molar-refractivity contribution in [2.24, 2.45) is 0 Å². The van der Waals surface area contributed by atoms with E-state index >= 15 is 0 Å². The van der Waals surface area contributed by atoms with Gasteiger partial charge in [0.15, 0.2) is 0 Å². The van der Waals surface area contributed by atoms with E-state index in [1.807, 2.05) is 7.05 Å². The molecule has 3 rings (SSSR count). The maximum absolute atomic E-state index is 13.8. The molecule has 31 heavy (non-hydrogen) atoms. The van der Waals surface area contributed by atoms with Crippen LogP contribution < -0.4 is 15.4 Å². The van der Waals surface area contributed by atoms with Gasteiger partial charge in [-0.25, -0.2) is 0 Å². The van der Waals surface area contributed by atoms with Crippen molar-refractivity contribution in [3.8, 4) is 5.75 Å². The average Bonchev–Trinajstić information content (AvgIpc) is 3.15. The van der Waals surface area contributed by atoms with Gasteiger partial charge < -0.3 is 14.8 Å². The molecule has 2 heterocycles. The Labute approximate surface area is 186 Å². The normalized spacial score (nSPS) is 22.6. The Kier molecular flexibility index (Phi) is 8.55. The molecule has 2 atom stereocenters.